The van der Waals surface area contributed by atoms with E-state index in [0.717, 1.165) is 18.8 Å². The van der Waals surface area contributed by atoms with Crippen molar-refractivity contribution in [1.29, 1.82) is 0 Å². The highest BCUT2D eigenvalue weighted by Crippen LogP contribution is 2.27. The molecule has 1 aliphatic rings. The molecule has 0 unspecified atom stereocenters. The fraction of sp³-hybridized carbons (Fsp3) is 0.667. The molecule has 0 spiro atoms. The van der Waals surface area contributed by atoms with Crippen LogP contribution in [0.2, 0.25) is 0 Å². The number of hydrogen-bond donors (Lipinski definition) is 0. The van der Waals surface area contributed by atoms with Gasteiger partial charge >= 0.3 is 0 Å². The van der Waals surface area contributed by atoms with Gasteiger partial charge in [0.25, 0.3) is 0 Å². The topological polar surface area (TPSA) is 4.36 Å². The molecule has 0 N–H and O–H groups in total. The van der Waals surface area contributed by atoms with Crippen LogP contribution in [0, 0.1) is 12.5 Å². The van der Waals surface area contributed by atoms with E-state index in [2.05, 4.69) is 11.8 Å². The Morgan fingerprint density at radius 1 is 1.50 bits per heavy atom. The van der Waals surface area contributed by atoms with Crippen LogP contribution in [-0.4, -0.2) is 0 Å². The highest BCUT2D eigenvalue weighted by atomic mass is 14.6. The Kier molecular flexibility index (Phi) is 2.50. The summed E-state index contributed by atoms with van der Waals surface area (Å²) in [6, 6.07) is 0. The minimum Gasteiger partial charge on any atom is -0.246 e. The van der Waals surface area contributed by atoms with Crippen LogP contribution in [0.4, 0.5) is 0 Å². The van der Waals surface area contributed by atoms with Gasteiger partial charge in [-0.1, -0.05) is 12.5 Å². The molecule has 1 fully saturated rings. The first-order valence-electron chi connectivity index (χ1n) is 3.87. The third-order valence-electron chi connectivity index (χ3n) is 2.16. The zero-order valence-electron chi connectivity index (χ0n) is 6.43. The number of rotatable bonds is 0. The first-order valence-corrected chi connectivity index (χ1v) is 3.87. The molecule has 1 nitrogen and oxygen atoms in total. The minimum atomic E-state index is 0.878. The molecule has 1 heteroatoms. The lowest BCUT2D eigenvalue weighted by Gasteiger charge is -2.19. The molecular weight excluding hydrogens is 122 g/mol. The Bertz CT molecular complexity index is 164. The van der Waals surface area contributed by atoms with Crippen molar-refractivity contribution < 1.29 is 0 Å². The molecule has 0 amide bonds. The maximum atomic E-state index is 6.64. The van der Waals surface area contributed by atoms with Crippen molar-refractivity contribution in [2.75, 3.05) is 0 Å². The van der Waals surface area contributed by atoms with Crippen molar-refractivity contribution in [2.45, 2.75) is 32.6 Å². The lowest BCUT2D eigenvalue weighted by molar-refractivity contribution is 0.444. The summed E-state index contributed by atoms with van der Waals surface area (Å²) in [5, 5.41) is 0. The van der Waals surface area contributed by atoms with E-state index in [-0.39, 0.29) is 0 Å². The zero-order chi connectivity index (χ0) is 7.40. The van der Waals surface area contributed by atoms with Crippen LogP contribution in [0.5, 0.6) is 0 Å². The van der Waals surface area contributed by atoms with Gasteiger partial charge in [-0.15, -0.1) is 0 Å². The Balaban J connectivity index is 2.42. The van der Waals surface area contributed by atoms with E-state index >= 15 is 0 Å². The second-order valence-corrected chi connectivity index (χ2v) is 3.10. The third-order valence-corrected chi connectivity index (χ3v) is 2.16. The van der Waals surface area contributed by atoms with Gasteiger partial charge < -0.3 is 0 Å². The van der Waals surface area contributed by atoms with Crippen molar-refractivity contribution >= 4 is 0 Å². The molecule has 54 valence electrons. The minimum absolute atomic E-state index is 0.878. The van der Waals surface area contributed by atoms with E-state index in [1.165, 1.54) is 18.4 Å². The largest absolute Gasteiger partial charge is 0.246 e. The van der Waals surface area contributed by atoms with Crippen LogP contribution in [-0.2, 0) is 0 Å². The predicted octanol–water partition coefficient (Wildman–Crippen LogP) is 3.00. The summed E-state index contributed by atoms with van der Waals surface area (Å²) in [4.78, 5) is 3.27. The molecule has 0 atom stereocenters. The summed E-state index contributed by atoms with van der Waals surface area (Å²) in [5.74, 6) is 0.878. The van der Waals surface area contributed by atoms with E-state index < -0.39 is 0 Å². The van der Waals surface area contributed by atoms with Crippen molar-refractivity contribution in [3.05, 3.63) is 23.2 Å². The zero-order valence-corrected chi connectivity index (χ0v) is 6.43. The summed E-state index contributed by atoms with van der Waals surface area (Å²) in [6.45, 7) is 8.92. The van der Waals surface area contributed by atoms with Crippen molar-refractivity contribution in [2.24, 2.45) is 5.92 Å². The van der Waals surface area contributed by atoms with Crippen LogP contribution >= 0.6 is 0 Å². The van der Waals surface area contributed by atoms with E-state index in [1.54, 1.807) is 6.20 Å². The van der Waals surface area contributed by atoms with Gasteiger partial charge in [-0.05, 0) is 31.6 Å². The Hall–Kier alpha value is -0.770. The predicted molar refractivity (Wildman–Crippen MR) is 42.3 cm³/mol. The van der Waals surface area contributed by atoms with Gasteiger partial charge in [-0.3, -0.25) is 0 Å². The molecule has 0 aromatic carbocycles. The standard InChI is InChI=1S/C9H13N/c1-8-3-5-9(6-4-8)7-10-2/h7-8H,3-6H2,1H3. The third kappa shape index (κ3) is 1.88. The quantitative estimate of drug-likeness (QED) is 0.450. The van der Waals surface area contributed by atoms with Gasteiger partial charge in [0.2, 0.25) is 0 Å². The first kappa shape index (κ1) is 7.34. The fourth-order valence-electron chi connectivity index (χ4n) is 1.35. The van der Waals surface area contributed by atoms with Crippen molar-refractivity contribution in [3.63, 3.8) is 0 Å². The lowest BCUT2D eigenvalue weighted by atomic mass is 9.88. The van der Waals surface area contributed by atoms with Crippen molar-refractivity contribution in [1.82, 2.24) is 0 Å². The lowest BCUT2D eigenvalue weighted by Crippen LogP contribution is -2.03. The summed E-state index contributed by atoms with van der Waals surface area (Å²) < 4.78 is 0. The summed E-state index contributed by atoms with van der Waals surface area (Å²) >= 11 is 0. The SMILES string of the molecule is [C-]#[N+]C=C1CCC(C)CC1. The van der Waals surface area contributed by atoms with E-state index in [1.807, 2.05) is 0 Å². The highest BCUT2D eigenvalue weighted by Gasteiger charge is 2.10. The number of allylic oxidation sites excluding steroid dienone is 1. The Morgan fingerprint density at radius 2 is 2.10 bits per heavy atom. The summed E-state index contributed by atoms with van der Waals surface area (Å²) in [6.07, 6.45) is 6.57. The average Bonchev–Trinajstić information content (AvgIpc) is 1.95. The smallest absolute Gasteiger partial charge is 0.153 e. The Labute approximate surface area is 62.6 Å². The molecular formula is C9H13N. The van der Waals surface area contributed by atoms with Crippen LogP contribution in [0.3, 0.4) is 0 Å². The molecule has 0 aromatic rings. The van der Waals surface area contributed by atoms with E-state index in [4.69, 9.17) is 6.57 Å². The molecule has 0 bridgehead atoms. The molecule has 0 aromatic heterocycles. The monoisotopic (exact) mass is 135 g/mol. The second-order valence-electron chi connectivity index (χ2n) is 3.10. The normalized spacial score (nSPS) is 25.6. The molecule has 1 aliphatic carbocycles. The van der Waals surface area contributed by atoms with Gasteiger partial charge in [-0.25, -0.2) is 4.85 Å². The van der Waals surface area contributed by atoms with Crippen molar-refractivity contribution in [3.8, 4) is 0 Å². The first-order chi connectivity index (χ1) is 4.83. The number of hydrogen-bond acceptors (Lipinski definition) is 0. The molecule has 0 aliphatic heterocycles. The molecule has 0 saturated heterocycles. The molecule has 10 heavy (non-hydrogen) atoms. The van der Waals surface area contributed by atoms with E-state index in [0.29, 0.717) is 0 Å². The van der Waals surface area contributed by atoms with Gasteiger partial charge in [0, 0.05) is 0 Å². The average molecular weight is 135 g/mol. The molecule has 1 saturated carbocycles. The molecule has 0 radical (unpaired) electrons. The van der Waals surface area contributed by atoms with Gasteiger partial charge in [0.1, 0.15) is 0 Å². The summed E-state index contributed by atoms with van der Waals surface area (Å²) in [5.41, 5.74) is 1.35. The highest BCUT2D eigenvalue weighted by molar-refractivity contribution is 5.08. The Morgan fingerprint density at radius 3 is 2.60 bits per heavy atom. The molecule has 1 rings (SSSR count). The van der Waals surface area contributed by atoms with E-state index in [9.17, 15) is 0 Å². The maximum absolute atomic E-state index is 6.64. The van der Waals surface area contributed by atoms with Gasteiger partial charge in [0.05, 0.1) is 6.57 Å². The number of nitrogens with zero attached hydrogens (tertiary/aromatic N) is 1. The van der Waals surface area contributed by atoms with Gasteiger partial charge in [-0.2, -0.15) is 0 Å². The van der Waals surface area contributed by atoms with Crippen LogP contribution < -0.4 is 0 Å². The van der Waals surface area contributed by atoms with Crippen LogP contribution in [0.1, 0.15) is 32.6 Å². The molecule has 0 heterocycles. The van der Waals surface area contributed by atoms with Gasteiger partial charge in [0.15, 0.2) is 6.20 Å². The maximum Gasteiger partial charge on any atom is 0.153 e. The summed E-state index contributed by atoms with van der Waals surface area (Å²) in [7, 11) is 0. The fourth-order valence-corrected chi connectivity index (χ4v) is 1.35. The van der Waals surface area contributed by atoms with Crippen LogP contribution in [0.15, 0.2) is 11.8 Å². The van der Waals surface area contributed by atoms with Crippen LogP contribution in [0.25, 0.3) is 4.85 Å². The second kappa shape index (κ2) is 3.41.